The van der Waals surface area contributed by atoms with Gasteiger partial charge in [0.2, 0.25) is 0 Å². The summed E-state index contributed by atoms with van der Waals surface area (Å²) in [5, 5.41) is 0. The van der Waals surface area contributed by atoms with E-state index in [0.29, 0.717) is 5.56 Å². The van der Waals surface area contributed by atoms with Crippen molar-refractivity contribution >= 4 is 11.9 Å². The van der Waals surface area contributed by atoms with Crippen molar-refractivity contribution < 1.29 is 23.8 Å². The molecule has 1 aliphatic heterocycles. The number of carbonyl (C=O) groups excluding carboxylic acids is 2. The highest BCUT2D eigenvalue weighted by molar-refractivity contribution is 5.90. The van der Waals surface area contributed by atoms with Crippen LogP contribution in [0.15, 0.2) is 101 Å². The molecule has 2 heterocycles. The first-order chi connectivity index (χ1) is 17.4. The van der Waals surface area contributed by atoms with Crippen LogP contribution in [0.25, 0.3) is 0 Å². The summed E-state index contributed by atoms with van der Waals surface area (Å²) in [6.07, 6.45) is 0.674. The number of hydrogen-bond acceptors (Lipinski definition) is 7. The minimum Gasteiger partial charge on any atom is -0.459 e. The Balaban J connectivity index is 1.71. The Labute approximate surface area is 206 Å². The molecule has 1 N–H and O–H groups in total. The van der Waals surface area contributed by atoms with E-state index >= 15 is 0 Å². The molecule has 184 valence electrons. The summed E-state index contributed by atoms with van der Waals surface area (Å²) in [6, 6.07) is 17.9. The first-order valence-corrected chi connectivity index (χ1v) is 11.2. The van der Waals surface area contributed by atoms with Crippen LogP contribution in [0.4, 0.5) is 0 Å². The van der Waals surface area contributed by atoms with Gasteiger partial charge in [-0.2, -0.15) is 0 Å². The summed E-state index contributed by atoms with van der Waals surface area (Å²) < 4.78 is 18.7. The SMILES string of the molecule is C=C=C[C@@]1(OC(=O)c2ccccc2)C(C)[C@@H](COC(=O)c2ccccc2)O[C@H]1n1ccc(=O)[nH]c1=O. The molecule has 0 aliphatic carbocycles. The molecule has 2 aromatic carbocycles. The van der Waals surface area contributed by atoms with Gasteiger partial charge >= 0.3 is 17.6 Å². The Morgan fingerprint density at radius 2 is 1.67 bits per heavy atom. The molecule has 0 spiro atoms. The average molecular weight is 488 g/mol. The van der Waals surface area contributed by atoms with Gasteiger partial charge in [-0.1, -0.05) is 49.9 Å². The Kier molecular flexibility index (Phi) is 7.15. The van der Waals surface area contributed by atoms with Crippen molar-refractivity contribution in [3.05, 3.63) is 123 Å². The van der Waals surface area contributed by atoms with Crippen molar-refractivity contribution in [3.63, 3.8) is 0 Å². The van der Waals surface area contributed by atoms with E-state index in [1.54, 1.807) is 67.6 Å². The van der Waals surface area contributed by atoms with Crippen LogP contribution in [0, 0.1) is 5.92 Å². The van der Waals surface area contributed by atoms with Crippen LogP contribution in [0.5, 0.6) is 0 Å². The van der Waals surface area contributed by atoms with Gasteiger partial charge in [0.15, 0.2) is 11.8 Å². The van der Waals surface area contributed by atoms with Gasteiger partial charge < -0.3 is 14.2 Å². The van der Waals surface area contributed by atoms with Crippen LogP contribution >= 0.6 is 0 Å². The molecular formula is C27H24N2O7. The summed E-state index contributed by atoms with van der Waals surface area (Å²) in [5.74, 6) is -1.84. The lowest BCUT2D eigenvalue weighted by atomic mass is 9.85. The van der Waals surface area contributed by atoms with E-state index in [1.807, 2.05) is 0 Å². The van der Waals surface area contributed by atoms with Crippen molar-refractivity contribution in [3.8, 4) is 0 Å². The minimum atomic E-state index is -1.57. The van der Waals surface area contributed by atoms with Gasteiger partial charge in [0, 0.05) is 24.3 Å². The average Bonchev–Trinajstić information content (AvgIpc) is 3.14. The zero-order valence-corrected chi connectivity index (χ0v) is 19.5. The summed E-state index contributed by atoms with van der Waals surface area (Å²) in [6.45, 7) is 5.19. The van der Waals surface area contributed by atoms with Crippen molar-refractivity contribution in [1.29, 1.82) is 0 Å². The summed E-state index contributed by atoms with van der Waals surface area (Å²) in [5.41, 5.74) is 0.374. The molecule has 0 amide bonds. The lowest BCUT2D eigenvalue weighted by molar-refractivity contribution is -0.0886. The first-order valence-electron chi connectivity index (χ1n) is 11.2. The monoisotopic (exact) mass is 488 g/mol. The molecule has 36 heavy (non-hydrogen) atoms. The molecule has 0 bridgehead atoms. The molecule has 4 atom stereocenters. The molecule has 1 aromatic heterocycles. The first kappa shape index (κ1) is 24.7. The molecule has 1 aliphatic rings. The Morgan fingerprint density at radius 3 is 2.25 bits per heavy atom. The number of carbonyl (C=O) groups is 2. The summed E-state index contributed by atoms with van der Waals surface area (Å²) in [7, 11) is 0. The normalized spacial score (nSPS) is 22.9. The zero-order chi connectivity index (χ0) is 25.7. The molecule has 9 heteroatoms. The van der Waals surface area contributed by atoms with E-state index < -0.39 is 47.0 Å². The fourth-order valence-electron chi connectivity index (χ4n) is 4.13. The Morgan fingerprint density at radius 1 is 1.06 bits per heavy atom. The maximum atomic E-state index is 13.1. The second-order valence-corrected chi connectivity index (χ2v) is 8.26. The Hall–Kier alpha value is -4.46. The molecule has 0 radical (unpaired) electrons. The van der Waals surface area contributed by atoms with Crippen LogP contribution in [0.2, 0.25) is 0 Å². The standard InChI is InChI=1S/C27H24N2O7/c1-3-15-27(36-24(32)20-12-8-5-9-13-20)18(2)21(17-34-23(31)19-10-6-4-7-11-19)35-25(27)29-16-14-22(30)28-26(29)33/h4-16,18,21,25H,1,17H2,2H3,(H,28,30,33)/t18?,21-,25-,27-/m1/s1. The van der Waals surface area contributed by atoms with Gasteiger partial charge in [0.05, 0.1) is 11.1 Å². The molecule has 0 saturated carbocycles. The summed E-state index contributed by atoms with van der Waals surface area (Å²) in [4.78, 5) is 52.2. The van der Waals surface area contributed by atoms with E-state index in [2.05, 4.69) is 17.3 Å². The number of ether oxygens (including phenoxy) is 3. The van der Waals surface area contributed by atoms with E-state index in [4.69, 9.17) is 14.2 Å². The number of benzene rings is 2. The number of rotatable bonds is 7. The number of aromatic nitrogens is 2. The third kappa shape index (κ3) is 4.84. The second-order valence-electron chi connectivity index (χ2n) is 8.26. The van der Waals surface area contributed by atoms with Crippen molar-refractivity contribution in [2.75, 3.05) is 6.61 Å². The van der Waals surface area contributed by atoms with Gasteiger partial charge in [-0.3, -0.25) is 14.3 Å². The number of hydrogen-bond donors (Lipinski definition) is 1. The van der Waals surface area contributed by atoms with Gasteiger partial charge in [-0.05, 0) is 24.3 Å². The Bertz CT molecular complexity index is 1410. The van der Waals surface area contributed by atoms with Crippen molar-refractivity contribution in [1.82, 2.24) is 9.55 Å². The van der Waals surface area contributed by atoms with E-state index in [0.717, 1.165) is 10.6 Å². The van der Waals surface area contributed by atoms with E-state index in [1.165, 1.54) is 12.3 Å². The predicted octanol–water partition coefficient (Wildman–Crippen LogP) is 2.86. The number of nitrogens with one attached hydrogen (secondary N) is 1. The highest BCUT2D eigenvalue weighted by Gasteiger charge is 2.58. The third-order valence-electron chi connectivity index (χ3n) is 6.06. The molecule has 1 fully saturated rings. The molecular weight excluding hydrogens is 464 g/mol. The second kappa shape index (κ2) is 10.4. The fraction of sp³-hybridized carbons (Fsp3) is 0.222. The number of H-pyrrole nitrogens is 1. The van der Waals surface area contributed by atoms with Crippen LogP contribution in [-0.2, 0) is 14.2 Å². The lowest BCUT2D eigenvalue weighted by Crippen LogP contribution is -2.47. The molecule has 3 aromatic rings. The van der Waals surface area contributed by atoms with Gasteiger partial charge in [0.1, 0.15) is 12.7 Å². The topological polar surface area (TPSA) is 117 Å². The molecule has 4 rings (SSSR count). The zero-order valence-electron chi connectivity index (χ0n) is 19.5. The number of nitrogens with zero attached hydrogens (tertiary/aromatic N) is 1. The van der Waals surface area contributed by atoms with E-state index in [-0.39, 0.29) is 12.2 Å². The smallest absolute Gasteiger partial charge is 0.339 e. The largest absolute Gasteiger partial charge is 0.459 e. The van der Waals surface area contributed by atoms with Crippen LogP contribution in [-0.4, -0.2) is 39.8 Å². The molecule has 1 saturated heterocycles. The third-order valence-corrected chi connectivity index (χ3v) is 6.06. The van der Waals surface area contributed by atoms with Gasteiger partial charge in [-0.15, -0.1) is 5.73 Å². The molecule has 9 nitrogen and oxygen atoms in total. The van der Waals surface area contributed by atoms with Crippen molar-refractivity contribution in [2.24, 2.45) is 5.92 Å². The minimum absolute atomic E-state index is 0.181. The quantitative estimate of drug-likeness (QED) is 0.402. The summed E-state index contributed by atoms with van der Waals surface area (Å²) >= 11 is 0. The van der Waals surface area contributed by atoms with Crippen molar-refractivity contribution in [2.45, 2.75) is 24.9 Å². The van der Waals surface area contributed by atoms with Crippen LogP contribution in [0.1, 0.15) is 33.9 Å². The maximum absolute atomic E-state index is 13.1. The lowest BCUT2D eigenvalue weighted by Gasteiger charge is -2.34. The van der Waals surface area contributed by atoms with Gasteiger partial charge in [-0.25, -0.2) is 14.4 Å². The van der Waals surface area contributed by atoms with E-state index in [9.17, 15) is 19.2 Å². The highest BCUT2D eigenvalue weighted by Crippen LogP contribution is 2.46. The van der Waals surface area contributed by atoms with Crippen LogP contribution < -0.4 is 11.2 Å². The maximum Gasteiger partial charge on any atom is 0.339 e. The van der Waals surface area contributed by atoms with Crippen LogP contribution in [0.3, 0.4) is 0 Å². The number of esters is 2. The van der Waals surface area contributed by atoms with Gasteiger partial charge in [0.25, 0.3) is 5.56 Å². The fourth-order valence-corrected chi connectivity index (χ4v) is 4.13. The molecule has 1 unspecified atom stereocenters. The highest BCUT2D eigenvalue weighted by atomic mass is 16.6. The number of aromatic amines is 1. The predicted molar refractivity (Wildman–Crippen MR) is 129 cm³/mol.